The first-order valence-electron chi connectivity index (χ1n) is 8.42. The molecule has 3 rings (SSSR count). The van der Waals surface area contributed by atoms with Gasteiger partial charge in [0.1, 0.15) is 5.76 Å². The molecule has 29 heavy (non-hydrogen) atoms. The lowest BCUT2D eigenvalue weighted by Gasteiger charge is -2.09. The maximum atomic E-state index is 12.3. The number of amides is 1. The Morgan fingerprint density at radius 3 is 2.38 bits per heavy atom. The van der Waals surface area contributed by atoms with Crippen LogP contribution in [0.5, 0.6) is 0 Å². The average Bonchev–Trinajstić information content (AvgIpc) is 3.18. The van der Waals surface area contributed by atoms with Gasteiger partial charge < -0.3 is 9.73 Å². The predicted octanol–water partition coefficient (Wildman–Crippen LogP) is 4.18. The molecule has 146 valence electrons. The number of nitro groups is 1. The van der Waals surface area contributed by atoms with Crippen LogP contribution in [-0.4, -0.2) is 21.7 Å². The van der Waals surface area contributed by atoms with Gasteiger partial charge in [0, 0.05) is 17.3 Å². The van der Waals surface area contributed by atoms with Crippen molar-refractivity contribution >= 4 is 40.4 Å². The van der Waals surface area contributed by atoms with Crippen LogP contribution in [0.3, 0.4) is 0 Å². The molecule has 0 fully saturated rings. The molecule has 2 N–H and O–H groups in total. The van der Waals surface area contributed by atoms with Crippen LogP contribution in [0.15, 0.2) is 65.1 Å². The van der Waals surface area contributed by atoms with E-state index in [9.17, 15) is 19.7 Å². The second kappa shape index (κ2) is 8.44. The molecule has 0 spiro atoms. The van der Waals surface area contributed by atoms with Crippen LogP contribution >= 0.6 is 12.2 Å². The normalized spacial score (nSPS) is 10.2. The van der Waals surface area contributed by atoms with E-state index in [4.69, 9.17) is 16.6 Å². The summed E-state index contributed by atoms with van der Waals surface area (Å²) >= 11 is 5.11. The first kappa shape index (κ1) is 19.9. The Morgan fingerprint density at radius 1 is 1.03 bits per heavy atom. The van der Waals surface area contributed by atoms with Gasteiger partial charge in [-0.25, -0.2) is 0 Å². The van der Waals surface area contributed by atoms with E-state index < -0.39 is 10.8 Å². The van der Waals surface area contributed by atoms with Gasteiger partial charge in [-0.3, -0.25) is 25.0 Å². The molecule has 1 heterocycles. The zero-order valence-electron chi connectivity index (χ0n) is 15.2. The summed E-state index contributed by atoms with van der Waals surface area (Å²) < 4.78 is 5.47. The van der Waals surface area contributed by atoms with Gasteiger partial charge in [-0.15, -0.1) is 0 Å². The maximum Gasteiger partial charge on any atom is 0.293 e. The summed E-state index contributed by atoms with van der Waals surface area (Å²) in [6, 6.07) is 15.6. The minimum atomic E-state index is -0.604. The number of carbonyl (C=O) groups is 2. The molecule has 0 bridgehead atoms. The number of anilines is 1. The SMILES string of the molecule is CC(=O)c1ccc(NC(=S)NC(=O)c2ccc(-c3ccccc3[N+](=O)[O-])o2)cc1. The standard InChI is InChI=1S/C20H15N3O5S/c1-12(24)13-6-8-14(9-7-13)21-20(29)22-19(25)18-11-10-17(28-18)15-4-2-3-5-16(15)23(26)27/h2-11H,1H3,(H2,21,22,25,29). The van der Waals surface area contributed by atoms with E-state index in [1.807, 2.05) is 0 Å². The molecular weight excluding hydrogens is 394 g/mol. The van der Waals surface area contributed by atoms with Crippen molar-refractivity contribution in [3.05, 3.63) is 82.1 Å². The molecule has 1 aromatic heterocycles. The number of benzene rings is 2. The van der Waals surface area contributed by atoms with Gasteiger partial charge in [-0.1, -0.05) is 12.1 Å². The summed E-state index contributed by atoms with van der Waals surface area (Å²) in [6.45, 7) is 1.47. The van der Waals surface area contributed by atoms with E-state index in [0.29, 0.717) is 11.3 Å². The largest absolute Gasteiger partial charge is 0.451 e. The van der Waals surface area contributed by atoms with E-state index in [0.717, 1.165) is 0 Å². The minimum Gasteiger partial charge on any atom is -0.451 e. The summed E-state index contributed by atoms with van der Waals surface area (Å²) in [5.74, 6) is -0.511. The van der Waals surface area contributed by atoms with Crippen molar-refractivity contribution in [3.63, 3.8) is 0 Å². The third-order valence-electron chi connectivity index (χ3n) is 3.97. The molecule has 0 aliphatic heterocycles. The van der Waals surface area contributed by atoms with E-state index >= 15 is 0 Å². The Labute approximate surface area is 170 Å². The first-order chi connectivity index (χ1) is 13.8. The summed E-state index contributed by atoms with van der Waals surface area (Å²) in [5.41, 5.74) is 1.30. The van der Waals surface area contributed by atoms with Gasteiger partial charge in [0.2, 0.25) is 0 Å². The summed E-state index contributed by atoms with van der Waals surface area (Å²) in [7, 11) is 0. The van der Waals surface area contributed by atoms with Crippen LogP contribution in [-0.2, 0) is 0 Å². The number of nitro benzene ring substituents is 1. The van der Waals surface area contributed by atoms with Crippen LogP contribution in [0.1, 0.15) is 27.8 Å². The molecule has 8 nitrogen and oxygen atoms in total. The Balaban J connectivity index is 1.68. The van der Waals surface area contributed by atoms with E-state index in [1.54, 1.807) is 36.4 Å². The third kappa shape index (κ3) is 4.71. The number of hydrogen-bond acceptors (Lipinski definition) is 6. The summed E-state index contributed by atoms with van der Waals surface area (Å²) in [5, 5.41) is 16.5. The fourth-order valence-corrected chi connectivity index (χ4v) is 2.77. The number of thiocarbonyl (C=S) groups is 1. The molecular formula is C20H15N3O5S. The number of nitrogens with zero attached hydrogens (tertiary/aromatic N) is 1. The molecule has 0 aliphatic carbocycles. The van der Waals surface area contributed by atoms with Crippen molar-refractivity contribution in [2.24, 2.45) is 0 Å². The van der Waals surface area contributed by atoms with E-state index in [2.05, 4.69) is 10.6 Å². The quantitative estimate of drug-likeness (QED) is 0.281. The smallest absolute Gasteiger partial charge is 0.293 e. The van der Waals surface area contributed by atoms with Gasteiger partial charge in [0.05, 0.1) is 10.5 Å². The molecule has 0 aliphatic rings. The van der Waals surface area contributed by atoms with Crippen LogP contribution in [0.4, 0.5) is 11.4 Å². The Bertz CT molecular complexity index is 1110. The van der Waals surface area contributed by atoms with Crippen LogP contribution in [0.25, 0.3) is 11.3 Å². The molecule has 3 aromatic rings. The number of furan rings is 1. The highest BCUT2D eigenvalue weighted by atomic mass is 32.1. The van der Waals surface area contributed by atoms with Gasteiger partial charge in [0.15, 0.2) is 16.7 Å². The minimum absolute atomic E-state index is 0.0363. The number of nitrogens with one attached hydrogen (secondary N) is 2. The Morgan fingerprint density at radius 2 is 1.72 bits per heavy atom. The first-order valence-corrected chi connectivity index (χ1v) is 8.83. The van der Waals surface area contributed by atoms with Crippen molar-refractivity contribution in [3.8, 4) is 11.3 Å². The molecule has 0 atom stereocenters. The number of para-hydroxylation sites is 1. The lowest BCUT2D eigenvalue weighted by atomic mass is 10.1. The summed E-state index contributed by atoms with van der Waals surface area (Å²) in [4.78, 5) is 34.3. The van der Waals surface area contributed by atoms with Crippen molar-refractivity contribution in [1.29, 1.82) is 0 Å². The number of ketones is 1. The second-order valence-electron chi connectivity index (χ2n) is 5.98. The Hall–Kier alpha value is -3.85. The van der Waals surface area contributed by atoms with Crippen LogP contribution < -0.4 is 10.6 Å². The van der Waals surface area contributed by atoms with Gasteiger partial charge in [0.25, 0.3) is 11.6 Å². The molecule has 0 saturated heterocycles. The molecule has 9 heteroatoms. The van der Waals surface area contributed by atoms with Crippen LogP contribution in [0, 0.1) is 10.1 Å². The number of carbonyl (C=O) groups excluding carboxylic acids is 2. The monoisotopic (exact) mass is 409 g/mol. The highest BCUT2D eigenvalue weighted by Gasteiger charge is 2.19. The molecule has 1 amide bonds. The number of hydrogen-bond donors (Lipinski definition) is 2. The van der Waals surface area contributed by atoms with Gasteiger partial charge >= 0.3 is 0 Å². The fourth-order valence-electron chi connectivity index (χ4n) is 2.56. The predicted molar refractivity (Wildman–Crippen MR) is 111 cm³/mol. The topological polar surface area (TPSA) is 114 Å². The van der Waals surface area contributed by atoms with Crippen molar-refractivity contribution in [2.45, 2.75) is 6.92 Å². The fraction of sp³-hybridized carbons (Fsp3) is 0.0500. The van der Waals surface area contributed by atoms with E-state index in [1.165, 1.54) is 31.2 Å². The Kier molecular flexibility index (Phi) is 5.79. The van der Waals surface area contributed by atoms with Crippen molar-refractivity contribution < 1.29 is 18.9 Å². The highest BCUT2D eigenvalue weighted by molar-refractivity contribution is 7.80. The second-order valence-corrected chi connectivity index (χ2v) is 6.39. The molecule has 2 aromatic carbocycles. The lowest BCUT2D eigenvalue weighted by Crippen LogP contribution is -2.33. The molecule has 0 saturated carbocycles. The van der Waals surface area contributed by atoms with E-state index in [-0.39, 0.29) is 33.7 Å². The van der Waals surface area contributed by atoms with Crippen LogP contribution in [0.2, 0.25) is 0 Å². The summed E-state index contributed by atoms with van der Waals surface area (Å²) in [6.07, 6.45) is 0. The highest BCUT2D eigenvalue weighted by Crippen LogP contribution is 2.30. The van der Waals surface area contributed by atoms with Gasteiger partial charge in [-0.05, 0) is 61.6 Å². The zero-order chi connectivity index (χ0) is 21.0. The van der Waals surface area contributed by atoms with Gasteiger partial charge in [-0.2, -0.15) is 0 Å². The molecule has 0 unspecified atom stereocenters. The average molecular weight is 409 g/mol. The molecule has 0 radical (unpaired) electrons. The van der Waals surface area contributed by atoms with Crippen molar-refractivity contribution in [1.82, 2.24) is 5.32 Å². The lowest BCUT2D eigenvalue weighted by molar-refractivity contribution is -0.384. The number of Topliss-reactive ketones (excluding diaryl/α,β-unsaturated/α-hetero) is 1. The maximum absolute atomic E-state index is 12.3. The number of rotatable bonds is 5. The van der Waals surface area contributed by atoms with Crippen molar-refractivity contribution in [2.75, 3.05) is 5.32 Å². The third-order valence-corrected chi connectivity index (χ3v) is 4.18. The zero-order valence-corrected chi connectivity index (χ0v) is 16.0.